The van der Waals surface area contributed by atoms with Gasteiger partial charge in [0, 0.05) is 12.5 Å². The number of nitrogens with one attached hydrogen (secondary N) is 2. The van der Waals surface area contributed by atoms with Gasteiger partial charge in [0.25, 0.3) is 5.91 Å². The van der Waals surface area contributed by atoms with E-state index in [0.717, 1.165) is 11.9 Å². The molecule has 1 aliphatic heterocycles. The third-order valence-corrected chi connectivity index (χ3v) is 5.33. The van der Waals surface area contributed by atoms with Crippen molar-refractivity contribution in [2.75, 3.05) is 0 Å². The number of hydrogen-bond donors (Lipinski definition) is 4. The van der Waals surface area contributed by atoms with Crippen LogP contribution in [0.25, 0.3) is 0 Å². The summed E-state index contributed by atoms with van der Waals surface area (Å²) in [5.41, 5.74) is 5.29. The van der Waals surface area contributed by atoms with Crippen LogP contribution < -0.4 is 11.1 Å². The Morgan fingerprint density at radius 1 is 1.16 bits per heavy atom. The zero-order valence-corrected chi connectivity index (χ0v) is 17.5. The Kier molecular flexibility index (Phi) is 5.97. The van der Waals surface area contributed by atoms with E-state index in [0.29, 0.717) is 21.7 Å². The molecule has 10 nitrogen and oxygen atoms in total. The van der Waals surface area contributed by atoms with Crippen LogP contribution in [-0.4, -0.2) is 44.8 Å². The lowest BCUT2D eigenvalue weighted by Crippen LogP contribution is -2.52. The van der Waals surface area contributed by atoms with E-state index in [1.165, 1.54) is 6.92 Å². The van der Waals surface area contributed by atoms with Crippen LogP contribution in [0, 0.1) is 5.41 Å². The maximum atomic E-state index is 13.5. The summed E-state index contributed by atoms with van der Waals surface area (Å²) in [6.45, 7) is 2.65. The molecule has 1 fully saturated rings. The number of amidine groups is 1. The van der Waals surface area contributed by atoms with Crippen LogP contribution in [0.3, 0.4) is 0 Å². The van der Waals surface area contributed by atoms with Crippen molar-refractivity contribution in [3.8, 4) is 0 Å². The van der Waals surface area contributed by atoms with Crippen LogP contribution >= 0.6 is 0 Å². The summed E-state index contributed by atoms with van der Waals surface area (Å²) in [4.78, 5) is 50.5. The number of nitrogens with zero attached hydrogens (tertiary/aromatic N) is 2. The molecule has 2 aromatic rings. The van der Waals surface area contributed by atoms with E-state index in [2.05, 4.69) is 5.32 Å². The van der Waals surface area contributed by atoms with Gasteiger partial charge < -0.3 is 16.2 Å². The average molecular weight is 437 g/mol. The van der Waals surface area contributed by atoms with Crippen molar-refractivity contribution < 1.29 is 24.3 Å². The second kappa shape index (κ2) is 8.50. The van der Waals surface area contributed by atoms with E-state index in [9.17, 15) is 24.3 Å². The van der Waals surface area contributed by atoms with Crippen molar-refractivity contribution in [1.82, 2.24) is 15.3 Å². The largest absolute Gasteiger partial charge is 0.481 e. The van der Waals surface area contributed by atoms with E-state index in [1.54, 1.807) is 54.6 Å². The SMILES string of the molecule is CC(=O)N([C@@H](CC(=O)O)c1ccccc1)N1C(=O)N[C@](C)(c2ccc(C(=N)N)cc2)C1=O. The fourth-order valence-electron chi connectivity index (χ4n) is 3.68. The van der Waals surface area contributed by atoms with Crippen molar-refractivity contribution in [3.05, 3.63) is 71.3 Å². The number of carbonyl (C=O) groups excluding carboxylic acids is 3. The van der Waals surface area contributed by atoms with E-state index in [4.69, 9.17) is 11.1 Å². The quantitative estimate of drug-likeness (QED) is 0.293. The molecule has 1 heterocycles. The second-order valence-corrected chi connectivity index (χ2v) is 7.55. The molecule has 166 valence electrons. The van der Waals surface area contributed by atoms with Crippen molar-refractivity contribution in [1.29, 1.82) is 5.41 Å². The zero-order chi connectivity index (χ0) is 23.6. The number of imide groups is 1. The standard InChI is InChI=1S/C22H23N5O5/c1-13(28)26(17(12-18(29)30)14-6-4-3-5-7-14)27-20(31)22(2,25-21(27)32)16-10-8-15(9-11-16)19(23)24/h3-11,17H,12H2,1-2H3,(H3,23,24)(H,25,32)(H,29,30)/t17-,22+/m0/s1. The molecular weight excluding hydrogens is 414 g/mol. The number of hydrazine groups is 1. The van der Waals surface area contributed by atoms with Gasteiger partial charge in [-0.25, -0.2) is 9.80 Å². The number of nitrogens with two attached hydrogens (primary N) is 1. The topological polar surface area (TPSA) is 157 Å². The number of carboxylic acids is 1. The highest BCUT2D eigenvalue weighted by Gasteiger charge is 2.53. The summed E-state index contributed by atoms with van der Waals surface area (Å²) in [6.07, 6.45) is -0.509. The molecule has 0 aliphatic carbocycles. The molecule has 0 radical (unpaired) electrons. The number of urea groups is 1. The van der Waals surface area contributed by atoms with E-state index < -0.39 is 41.8 Å². The van der Waals surface area contributed by atoms with Crippen LogP contribution in [-0.2, 0) is 19.9 Å². The fourth-order valence-corrected chi connectivity index (χ4v) is 3.68. The van der Waals surface area contributed by atoms with E-state index in [1.807, 2.05) is 0 Å². The first-order valence-corrected chi connectivity index (χ1v) is 9.74. The first kappa shape index (κ1) is 22.5. The molecule has 1 saturated heterocycles. The highest BCUT2D eigenvalue weighted by atomic mass is 16.4. The van der Waals surface area contributed by atoms with Crippen LogP contribution in [0.5, 0.6) is 0 Å². The Balaban J connectivity index is 2.04. The molecule has 0 saturated carbocycles. The zero-order valence-electron chi connectivity index (χ0n) is 17.5. The lowest BCUT2D eigenvalue weighted by Gasteiger charge is -2.35. The number of amides is 4. The van der Waals surface area contributed by atoms with Gasteiger partial charge in [0.2, 0.25) is 5.91 Å². The monoisotopic (exact) mass is 437 g/mol. The van der Waals surface area contributed by atoms with E-state index in [-0.39, 0.29) is 5.84 Å². The molecule has 0 spiro atoms. The minimum absolute atomic E-state index is 0.146. The number of benzene rings is 2. The summed E-state index contributed by atoms with van der Waals surface area (Å²) in [6, 6.07) is 12.6. The third kappa shape index (κ3) is 4.02. The molecule has 2 aromatic carbocycles. The van der Waals surface area contributed by atoms with Gasteiger partial charge in [0.1, 0.15) is 11.4 Å². The number of carbonyl (C=O) groups is 4. The van der Waals surface area contributed by atoms with Crippen molar-refractivity contribution in [2.45, 2.75) is 31.8 Å². The maximum Gasteiger partial charge on any atom is 0.344 e. The molecule has 4 amide bonds. The lowest BCUT2D eigenvalue weighted by atomic mass is 9.91. The molecular formula is C22H23N5O5. The van der Waals surface area contributed by atoms with Crippen molar-refractivity contribution in [3.63, 3.8) is 0 Å². The summed E-state index contributed by atoms with van der Waals surface area (Å²) >= 11 is 0. The molecule has 5 N–H and O–H groups in total. The van der Waals surface area contributed by atoms with Gasteiger partial charge in [0.15, 0.2) is 0 Å². The molecule has 3 rings (SSSR count). The molecule has 10 heteroatoms. The fraction of sp³-hybridized carbons (Fsp3) is 0.227. The van der Waals surface area contributed by atoms with Crippen LogP contribution in [0.15, 0.2) is 54.6 Å². The van der Waals surface area contributed by atoms with Gasteiger partial charge in [-0.3, -0.25) is 19.8 Å². The van der Waals surface area contributed by atoms with Crippen LogP contribution in [0.4, 0.5) is 4.79 Å². The van der Waals surface area contributed by atoms with Crippen molar-refractivity contribution in [2.24, 2.45) is 5.73 Å². The summed E-state index contributed by atoms with van der Waals surface area (Å²) in [5.74, 6) is -2.74. The molecule has 2 atom stereocenters. The predicted molar refractivity (Wildman–Crippen MR) is 114 cm³/mol. The number of carboxylic acid groups (broad SMARTS) is 1. The molecule has 32 heavy (non-hydrogen) atoms. The molecule has 0 unspecified atom stereocenters. The first-order chi connectivity index (χ1) is 15.1. The Morgan fingerprint density at radius 3 is 2.25 bits per heavy atom. The summed E-state index contributed by atoms with van der Waals surface area (Å²) in [7, 11) is 0. The van der Waals surface area contributed by atoms with Crippen LogP contribution in [0.1, 0.15) is 43.0 Å². The van der Waals surface area contributed by atoms with Crippen molar-refractivity contribution >= 4 is 29.7 Å². The number of aliphatic carboxylic acids is 1. The highest BCUT2D eigenvalue weighted by Crippen LogP contribution is 2.34. The Bertz CT molecular complexity index is 1090. The van der Waals surface area contributed by atoms with Crippen LogP contribution in [0.2, 0.25) is 0 Å². The van der Waals surface area contributed by atoms with Gasteiger partial charge >= 0.3 is 12.0 Å². The predicted octanol–water partition coefficient (Wildman–Crippen LogP) is 1.72. The van der Waals surface area contributed by atoms with E-state index >= 15 is 0 Å². The smallest absolute Gasteiger partial charge is 0.344 e. The maximum absolute atomic E-state index is 13.5. The Hall–Kier alpha value is -4.21. The number of hydrogen-bond acceptors (Lipinski definition) is 5. The summed E-state index contributed by atoms with van der Waals surface area (Å²) < 4.78 is 0. The Labute approximate surface area is 184 Å². The van der Waals surface area contributed by atoms with Gasteiger partial charge in [-0.2, -0.15) is 5.01 Å². The Morgan fingerprint density at radius 2 is 1.75 bits per heavy atom. The molecule has 0 aromatic heterocycles. The number of nitrogen functional groups attached to an aromatic ring is 1. The van der Waals surface area contributed by atoms with Gasteiger partial charge in [-0.1, -0.05) is 54.6 Å². The normalized spacial score (nSPS) is 18.8. The first-order valence-electron chi connectivity index (χ1n) is 9.74. The van der Waals surface area contributed by atoms with Gasteiger partial charge in [0.05, 0.1) is 12.5 Å². The molecule has 0 bridgehead atoms. The third-order valence-electron chi connectivity index (χ3n) is 5.33. The minimum atomic E-state index is -1.51. The molecule has 1 aliphatic rings. The minimum Gasteiger partial charge on any atom is -0.481 e. The highest BCUT2D eigenvalue weighted by molar-refractivity contribution is 6.08. The van der Waals surface area contributed by atoms with Gasteiger partial charge in [-0.05, 0) is 18.1 Å². The lowest BCUT2D eigenvalue weighted by molar-refractivity contribution is -0.162. The second-order valence-electron chi connectivity index (χ2n) is 7.55. The van der Waals surface area contributed by atoms with Gasteiger partial charge in [-0.15, -0.1) is 0 Å². The average Bonchev–Trinajstić information content (AvgIpc) is 2.97. The number of rotatable bonds is 7. The summed E-state index contributed by atoms with van der Waals surface area (Å²) in [5, 5.41) is 21.1.